The van der Waals surface area contributed by atoms with Gasteiger partial charge in [0.25, 0.3) is 5.69 Å². The highest BCUT2D eigenvalue weighted by atomic mass is 35.5. The summed E-state index contributed by atoms with van der Waals surface area (Å²) in [4.78, 5) is 10.2. The Hall–Kier alpha value is -1.04. The molecule has 1 rings (SSSR count). The number of nitro groups is 1. The van der Waals surface area contributed by atoms with Crippen molar-refractivity contribution in [1.29, 1.82) is 0 Å². The number of nitrogens with one attached hydrogen (secondary N) is 1. The van der Waals surface area contributed by atoms with Crippen LogP contribution in [-0.2, 0) is 0 Å². The maximum Gasteiger partial charge on any atom is 0.293 e. The molecule has 1 aromatic rings. The van der Waals surface area contributed by atoms with Crippen LogP contribution in [0.3, 0.4) is 0 Å². The Labute approximate surface area is 102 Å². The van der Waals surface area contributed by atoms with Gasteiger partial charge >= 0.3 is 0 Å². The zero-order valence-corrected chi connectivity index (χ0v) is 9.70. The zero-order chi connectivity index (χ0) is 12.1. The van der Waals surface area contributed by atoms with Gasteiger partial charge in [0.1, 0.15) is 5.69 Å². The van der Waals surface area contributed by atoms with Crippen LogP contribution in [0.25, 0.3) is 0 Å². The molecule has 0 spiro atoms. The maximum atomic E-state index is 10.7. The lowest BCUT2D eigenvalue weighted by Gasteiger charge is -2.10. The molecule has 0 aliphatic rings. The Kier molecular flexibility index (Phi) is 4.79. The highest BCUT2D eigenvalue weighted by molar-refractivity contribution is 6.30. The Morgan fingerprint density at radius 3 is 2.81 bits per heavy atom. The molecular weight excluding hydrogens is 255 g/mol. The molecule has 16 heavy (non-hydrogen) atoms. The predicted octanol–water partition coefficient (Wildman–Crippen LogP) is 2.26. The van der Waals surface area contributed by atoms with E-state index >= 15 is 0 Å². The third-order valence-electron chi connectivity index (χ3n) is 1.86. The standard InChI is InChI=1S/C9H10Cl2N2O3/c10-4-7(14)5-12-8-2-1-6(11)3-9(8)13(15)16/h1-3,7,12,14H,4-5H2. The number of aliphatic hydroxyl groups is 1. The Morgan fingerprint density at radius 2 is 2.25 bits per heavy atom. The monoisotopic (exact) mass is 264 g/mol. The summed E-state index contributed by atoms with van der Waals surface area (Å²) in [7, 11) is 0. The van der Waals surface area contributed by atoms with Crippen molar-refractivity contribution < 1.29 is 10.0 Å². The first-order valence-corrected chi connectivity index (χ1v) is 5.37. The number of alkyl halides is 1. The fourth-order valence-corrected chi connectivity index (χ4v) is 1.36. The van der Waals surface area contributed by atoms with Crippen molar-refractivity contribution in [2.24, 2.45) is 0 Å². The third-order valence-corrected chi connectivity index (χ3v) is 2.45. The van der Waals surface area contributed by atoms with Gasteiger partial charge in [0.05, 0.1) is 16.9 Å². The second kappa shape index (κ2) is 5.89. The van der Waals surface area contributed by atoms with E-state index in [1.807, 2.05) is 0 Å². The molecule has 0 saturated carbocycles. The zero-order valence-electron chi connectivity index (χ0n) is 8.19. The van der Waals surface area contributed by atoms with E-state index in [1.165, 1.54) is 18.2 Å². The summed E-state index contributed by atoms with van der Waals surface area (Å²) >= 11 is 11.0. The average molecular weight is 265 g/mol. The van der Waals surface area contributed by atoms with E-state index in [0.29, 0.717) is 5.69 Å². The second-order valence-electron chi connectivity index (χ2n) is 3.11. The van der Waals surface area contributed by atoms with E-state index in [1.54, 1.807) is 0 Å². The fourth-order valence-electron chi connectivity index (χ4n) is 1.09. The molecule has 0 bridgehead atoms. The number of nitro benzene ring substituents is 1. The maximum absolute atomic E-state index is 10.7. The quantitative estimate of drug-likeness (QED) is 0.486. The molecule has 0 saturated heterocycles. The summed E-state index contributed by atoms with van der Waals surface area (Å²) in [5, 5.41) is 22.9. The molecule has 0 radical (unpaired) electrons. The van der Waals surface area contributed by atoms with Crippen LogP contribution >= 0.6 is 23.2 Å². The second-order valence-corrected chi connectivity index (χ2v) is 3.85. The van der Waals surface area contributed by atoms with Gasteiger partial charge < -0.3 is 10.4 Å². The highest BCUT2D eigenvalue weighted by Gasteiger charge is 2.14. The molecule has 1 atom stereocenters. The van der Waals surface area contributed by atoms with Gasteiger partial charge in [0.2, 0.25) is 0 Å². The fraction of sp³-hybridized carbons (Fsp3) is 0.333. The van der Waals surface area contributed by atoms with Crippen LogP contribution in [0.4, 0.5) is 11.4 Å². The van der Waals surface area contributed by atoms with Crippen molar-refractivity contribution in [3.05, 3.63) is 33.3 Å². The first kappa shape index (κ1) is 13.0. The summed E-state index contributed by atoms with van der Waals surface area (Å²) in [5.74, 6) is 0.0639. The molecule has 5 nitrogen and oxygen atoms in total. The summed E-state index contributed by atoms with van der Waals surface area (Å²) in [5.41, 5.74) is 0.174. The Morgan fingerprint density at radius 1 is 1.56 bits per heavy atom. The van der Waals surface area contributed by atoms with Gasteiger partial charge in [0.15, 0.2) is 0 Å². The normalized spacial score (nSPS) is 12.2. The number of anilines is 1. The number of nitrogens with zero attached hydrogens (tertiary/aromatic N) is 1. The Balaban J connectivity index is 2.82. The SMILES string of the molecule is O=[N+]([O-])c1cc(Cl)ccc1NCC(O)CCl. The van der Waals surface area contributed by atoms with Crippen LogP contribution in [0.2, 0.25) is 5.02 Å². The predicted molar refractivity (Wildman–Crippen MR) is 63.3 cm³/mol. The van der Waals surface area contributed by atoms with Crippen molar-refractivity contribution in [2.75, 3.05) is 17.7 Å². The van der Waals surface area contributed by atoms with Gasteiger partial charge in [-0.25, -0.2) is 0 Å². The van der Waals surface area contributed by atoms with Crippen LogP contribution in [0.5, 0.6) is 0 Å². The molecule has 7 heteroatoms. The summed E-state index contributed by atoms with van der Waals surface area (Å²) in [6, 6.07) is 4.27. The largest absolute Gasteiger partial charge is 0.390 e. The Bertz CT molecular complexity index is 387. The lowest BCUT2D eigenvalue weighted by Crippen LogP contribution is -2.21. The van der Waals surface area contributed by atoms with Gasteiger partial charge in [-0.1, -0.05) is 11.6 Å². The van der Waals surface area contributed by atoms with E-state index in [9.17, 15) is 15.2 Å². The minimum absolute atomic E-state index is 0.0639. The van der Waals surface area contributed by atoms with Gasteiger partial charge in [-0.15, -0.1) is 11.6 Å². The first-order valence-electron chi connectivity index (χ1n) is 4.46. The smallest absolute Gasteiger partial charge is 0.293 e. The van der Waals surface area contributed by atoms with Crippen LogP contribution in [0.1, 0.15) is 0 Å². The molecule has 1 unspecified atom stereocenters. The topological polar surface area (TPSA) is 75.4 Å². The van der Waals surface area contributed by atoms with Crippen LogP contribution in [-0.4, -0.2) is 28.6 Å². The molecule has 0 aliphatic heterocycles. The molecule has 2 N–H and O–H groups in total. The number of benzene rings is 1. The average Bonchev–Trinajstić information content (AvgIpc) is 2.26. The minimum atomic E-state index is -0.753. The third kappa shape index (κ3) is 3.52. The number of hydrogen-bond acceptors (Lipinski definition) is 4. The van der Waals surface area contributed by atoms with Gasteiger partial charge in [-0.3, -0.25) is 10.1 Å². The van der Waals surface area contributed by atoms with E-state index in [4.69, 9.17) is 23.2 Å². The lowest BCUT2D eigenvalue weighted by molar-refractivity contribution is -0.383. The number of halogens is 2. The minimum Gasteiger partial charge on any atom is -0.390 e. The summed E-state index contributed by atoms with van der Waals surface area (Å²) in [6.45, 7) is 0.145. The lowest BCUT2D eigenvalue weighted by atomic mass is 10.2. The van der Waals surface area contributed by atoms with Gasteiger partial charge in [-0.2, -0.15) is 0 Å². The van der Waals surface area contributed by atoms with Crippen LogP contribution in [0.15, 0.2) is 18.2 Å². The number of rotatable bonds is 5. The van der Waals surface area contributed by atoms with E-state index in [2.05, 4.69) is 5.32 Å². The molecular formula is C9H10Cl2N2O3. The highest BCUT2D eigenvalue weighted by Crippen LogP contribution is 2.27. The first-order chi connectivity index (χ1) is 7.54. The molecule has 88 valence electrons. The van der Waals surface area contributed by atoms with Gasteiger partial charge in [-0.05, 0) is 12.1 Å². The molecule has 0 aromatic heterocycles. The molecule has 1 aromatic carbocycles. The summed E-state index contributed by atoms with van der Waals surface area (Å²) < 4.78 is 0. The number of aliphatic hydroxyl groups excluding tert-OH is 1. The summed E-state index contributed by atoms with van der Waals surface area (Å²) in [6.07, 6.45) is -0.753. The molecule has 0 amide bonds. The van der Waals surface area contributed by atoms with Crippen molar-refractivity contribution in [2.45, 2.75) is 6.10 Å². The molecule has 0 heterocycles. The van der Waals surface area contributed by atoms with Crippen molar-refractivity contribution in [1.82, 2.24) is 0 Å². The van der Waals surface area contributed by atoms with E-state index in [-0.39, 0.29) is 23.1 Å². The van der Waals surface area contributed by atoms with Crippen LogP contribution < -0.4 is 5.32 Å². The molecule has 0 fully saturated rings. The van der Waals surface area contributed by atoms with E-state index in [0.717, 1.165) is 0 Å². The van der Waals surface area contributed by atoms with E-state index < -0.39 is 11.0 Å². The van der Waals surface area contributed by atoms with Crippen LogP contribution in [0, 0.1) is 10.1 Å². The van der Waals surface area contributed by atoms with Gasteiger partial charge in [0, 0.05) is 17.6 Å². The molecule has 0 aliphatic carbocycles. The number of hydrogen-bond donors (Lipinski definition) is 2. The van der Waals surface area contributed by atoms with Crippen molar-refractivity contribution in [3.8, 4) is 0 Å². The van der Waals surface area contributed by atoms with Crippen molar-refractivity contribution in [3.63, 3.8) is 0 Å². The van der Waals surface area contributed by atoms with Crippen molar-refractivity contribution >= 4 is 34.6 Å².